The van der Waals surface area contributed by atoms with E-state index in [9.17, 15) is 0 Å². The van der Waals surface area contributed by atoms with Crippen LogP contribution in [0.15, 0.2) is 60.9 Å². The number of allylic oxidation sites excluding steroid dienone is 1. The van der Waals surface area contributed by atoms with Crippen molar-refractivity contribution in [3.8, 4) is 0 Å². The Morgan fingerprint density at radius 1 is 0.875 bits per heavy atom. The van der Waals surface area contributed by atoms with E-state index < -0.39 is 0 Å². The number of benzene rings is 1. The number of fused-ring (bicyclic) bond motifs is 1. The maximum atomic E-state index is 2.32. The smallest absolute Gasteiger partial charge is 0.167 e. The van der Waals surface area contributed by atoms with Crippen LogP contribution in [-0.4, -0.2) is 0 Å². The minimum atomic E-state index is 1.13. The number of aromatic nitrogens is 1. The highest BCUT2D eigenvalue weighted by molar-refractivity contribution is 5.63. The summed E-state index contributed by atoms with van der Waals surface area (Å²) in [5, 5.41) is 0. The number of pyridine rings is 1. The minimum absolute atomic E-state index is 1.13. The summed E-state index contributed by atoms with van der Waals surface area (Å²) in [6.45, 7) is 0. The van der Waals surface area contributed by atoms with Gasteiger partial charge in [0.15, 0.2) is 12.4 Å². The van der Waals surface area contributed by atoms with E-state index in [0.29, 0.717) is 0 Å². The lowest BCUT2D eigenvalue weighted by molar-refractivity contribution is -0.579. The Balaban J connectivity index is 2.13. The van der Waals surface area contributed by atoms with Gasteiger partial charge in [0, 0.05) is 17.7 Å². The van der Waals surface area contributed by atoms with Crippen LogP contribution in [0.5, 0.6) is 0 Å². The molecule has 0 spiro atoms. The van der Waals surface area contributed by atoms with E-state index in [-0.39, 0.29) is 0 Å². The van der Waals surface area contributed by atoms with Gasteiger partial charge in [-0.25, -0.2) is 0 Å². The summed E-state index contributed by atoms with van der Waals surface area (Å²) in [6, 6.07) is 14.9. The second-order valence-corrected chi connectivity index (χ2v) is 4.07. The molecule has 0 saturated heterocycles. The number of nitrogens with zero attached hydrogens (tertiary/aromatic N) is 1. The fourth-order valence-corrected chi connectivity index (χ4v) is 2.27. The van der Waals surface area contributed by atoms with Gasteiger partial charge in [0.1, 0.15) is 0 Å². The molecule has 1 nitrogen and oxygen atoms in total. The Morgan fingerprint density at radius 3 is 2.56 bits per heavy atom. The first-order valence-corrected chi connectivity index (χ1v) is 5.70. The van der Waals surface area contributed by atoms with E-state index in [1.807, 2.05) is 6.07 Å². The zero-order valence-corrected chi connectivity index (χ0v) is 9.13. The molecule has 0 radical (unpaired) electrons. The van der Waals surface area contributed by atoms with Crippen molar-refractivity contribution in [2.24, 2.45) is 0 Å². The van der Waals surface area contributed by atoms with Crippen LogP contribution >= 0.6 is 0 Å². The van der Waals surface area contributed by atoms with Crippen molar-refractivity contribution in [3.63, 3.8) is 0 Å². The molecule has 16 heavy (non-hydrogen) atoms. The van der Waals surface area contributed by atoms with E-state index in [0.717, 1.165) is 12.8 Å². The van der Waals surface area contributed by atoms with Crippen LogP contribution in [0.25, 0.3) is 5.70 Å². The summed E-state index contributed by atoms with van der Waals surface area (Å²) in [7, 11) is 0. The third kappa shape index (κ3) is 1.54. The summed E-state index contributed by atoms with van der Waals surface area (Å²) in [5.41, 5.74) is 4.13. The van der Waals surface area contributed by atoms with Crippen LogP contribution in [-0.2, 0) is 6.42 Å². The lowest BCUT2D eigenvalue weighted by Gasteiger charge is -2.12. The molecule has 0 unspecified atom stereocenters. The van der Waals surface area contributed by atoms with Gasteiger partial charge in [-0.2, -0.15) is 4.57 Å². The second kappa shape index (κ2) is 3.93. The van der Waals surface area contributed by atoms with Crippen LogP contribution in [0.4, 0.5) is 0 Å². The second-order valence-electron chi connectivity index (χ2n) is 4.07. The number of hydrogen-bond donors (Lipinski definition) is 0. The van der Waals surface area contributed by atoms with Crippen LogP contribution in [0.1, 0.15) is 17.5 Å². The molecule has 78 valence electrons. The van der Waals surface area contributed by atoms with Gasteiger partial charge in [0.2, 0.25) is 5.70 Å². The van der Waals surface area contributed by atoms with Gasteiger partial charge >= 0.3 is 0 Å². The molecular weight excluding hydrogens is 194 g/mol. The van der Waals surface area contributed by atoms with Crippen molar-refractivity contribution in [2.75, 3.05) is 0 Å². The largest absolute Gasteiger partial charge is 0.214 e. The van der Waals surface area contributed by atoms with Gasteiger partial charge in [-0.1, -0.05) is 24.3 Å². The number of aryl methyl sites for hydroxylation is 1. The third-order valence-electron chi connectivity index (χ3n) is 3.04. The van der Waals surface area contributed by atoms with Crippen molar-refractivity contribution >= 4 is 5.70 Å². The molecule has 1 aliphatic carbocycles. The average Bonchev–Trinajstić information content (AvgIpc) is 2.39. The molecule has 0 N–H and O–H groups in total. The Hall–Kier alpha value is -1.89. The molecule has 1 aromatic heterocycles. The Labute approximate surface area is 95.7 Å². The first-order chi connectivity index (χ1) is 7.95. The number of rotatable bonds is 1. The summed E-state index contributed by atoms with van der Waals surface area (Å²) in [5.74, 6) is 0. The van der Waals surface area contributed by atoms with Crippen molar-refractivity contribution in [3.05, 3.63) is 72.1 Å². The quantitative estimate of drug-likeness (QED) is 0.634. The molecule has 0 aliphatic heterocycles. The maximum Gasteiger partial charge on any atom is 0.214 e. The summed E-state index contributed by atoms with van der Waals surface area (Å²) < 4.78 is 2.19. The van der Waals surface area contributed by atoms with Crippen molar-refractivity contribution in [2.45, 2.75) is 12.8 Å². The average molecular weight is 208 g/mol. The van der Waals surface area contributed by atoms with E-state index in [2.05, 4.69) is 59.4 Å². The minimum Gasteiger partial charge on any atom is -0.167 e. The first-order valence-electron chi connectivity index (χ1n) is 5.70. The standard InChI is InChI=1S/C15H14N/c1-4-11-16(12-5-1)15-10-6-8-13-7-2-3-9-14(13)15/h1-5,7,9-12H,6,8H2/q+1. The molecule has 0 amide bonds. The van der Waals surface area contributed by atoms with Gasteiger partial charge in [0.25, 0.3) is 0 Å². The van der Waals surface area contributed by atoms with Crippen molar-refractivity contribution < 1.29 is 4.57 Å². The van der Waals surface area contributed by atoms with Crippen LogP contribution in [0.2, 0.25) is 0 Å². The van der Waals surface area contributed by atoms with Gasteiger partial charge in [-0.05, 0) is 30.5 Å². The fraction of sp³-hybridized carbons (Fsp3) is 0.133. The molecule has 0 saturated carbocycles. The highest BCUT2D eigenvalue weighted by Gasteiger charge is 2.18. The fourth-order valence-electron chi connectivity index (χ4n) is 2.27. The van der Waals surface area contributed by atoms with Crippen LogP contribution < -0.4 is 4.57 Å². The van der Waals surface area contributed by atoms with Gasteiger partial charge in [0.05, 0.1) is 0 Å². The summed E-state index contributed by atoms with van der Waals surface area (Å²) in [4.78, 5) is 0. The highest BCUT2D eigenvalue weighted by atomic mass is 14.9. The molecule has 2 aromatic rings. The molecule has 3 rings (SSSR count). The Morgan fingerprint density at radius 2 is 1.69 bits per heavy atom. The molecule has 0 atom stereocenters. The van der Waals surface area contributed by atoms with Crippen LogP contribution in [0, 0.1) is 0 Å². The zero-order valence-electron chi connectivity index (χ0n) is 9.13. The Kier molecular flexibility index (Phi) is 2.30. The molecule has 0 bridgehead atoms. The highest BCUT2D eigenvalue weighted by Crippen LogP contribution is 2.23. The molecule has 1 aliphatic rings. The summed E-state index contributed by atoms with van der Waals surface area (Å²) in [6.07, 6.45) is 8.82. The van der Waals surface area contributed by atoms with Gasteiger partial charge < -0.3 is 0 Å². The molecule has 0 fully saturated rings. The Bertz CT molecular complexity index is 526. The molecule has 1 heterocycles. The van der Waals surface area contributed by atoms with E-state index in [1.54, 1.807) is 0 Å². The topological polar surface area (TPSA) is 3.88 Å². The lowest BCUT2D eigenvalue weighted by Crippen LogP contribution is -2.33. The molecular formula is C15H14N+. The van der Waals surface area contributed by atoms with E-state index >= 15 is 0 Å². The molecule has 1 heteroatoms. The predicted molar refractivity (Wildman–Crippen MR) is 64.8 cm³/mol. The predicted octanol–water partition coefficient (Wildman–Crippen LogP) is 2.81. The SMILES string of the molecule is C1=C([n+]2ccccc2)c2ccccc2CC1. The normalized spacial score (nSPS) is 14.1. The van der Waals surface area contributed by atoms with E-state index in [1.165, 1.54) is 16.8 Å². The van der Waals surface area contributed by atoms with Gasteiger partial charge in [-0.3, -0.25) is 0 Å². The monoisotopic (exact) mass is 208 g/mol. The van der Waals surface area contributed by atoms with Crippen LogP contribution in [0.3, 0.4) is 0 Å². The van der Waals surface area contributed by atoms with E-state index in [4.69, 9.17) is 0 Å². The number of hydrogen-bond acceptors (Lipinski definition) is 0. The van der Waals surface area contributed by atoms with Crippen molar-refractivity contribution in [1.29, 1.82) is 0 Å². The molecule has 1 aromatic carbocycles. The maximum absolute atomic E-state index is 2.32. The van der Waals surface area contributed by atoms with Gasteiger partial charge in [-0.15, -0.1) is 0 Å². The zero-order chi connectivity index (χ0) is 10.8. The summed E-state index contributed by atoms with van der Waals surface area (Å²) >= 11 is 0. The third-order valence-corrected chi connectivity index (χ3v) is 3.04. The lowest BCUT2D eigenvalue weighted by atomic mass is 9.94. The first kappa shape index (κ1) is 9.34. The van der Waals surface area contributed by atoms with Crippen molar-refractivity contribution in [1.82, 2.24) is 0 Å².